The quantitative estimate of drug-likeness (QED) is 0.754. The number of ether oxygens (including phenoxy) is 1. The fourth-order valence-electron chi connectivity index (χ4n) is 1.45. The van der Waals surface area contributed by atoms with Crippen LogP contribution in [0.4, 0.5) is 0 Å². The zero-order chi connectivity index (χ0) is 13.4. The van der Waals surface area contributed by atoms with Gasteiger partial charge in [-0.2, -0.15) is 0 Å². The van der Waals surface area contributed by atoms with Gasteiger partial charge in [0.1, 0.15) is 5.75 Å². The fourth-order valence-corrected chi connectivity index (χ4v) is 1.45. The van der Waals surface area contributed by atoms with Crippen LogP contribution in [0.1, 0.15) is 26.0 Å². The summed E-state index contributed by atoms with van der Waals surface area (Å²) in [5, 5.41) is 2.81. The van der Waals surface area contributed by atoms with Crippen molar-refractivity contribution in [3.05, 3.63) is 24.0 Å². The van der Waals surface area contributed by atoms with Gasteiger partial charge >= 0.3 is 0 Å². The average Bonchev–Trinajstić information content (AvgIpc) is 2.31. The van der Waals surface area contributed by atoms with E-state index in [9.17, 15) is 4.79 Å². The van der Waals surface area contributed by atoms with Crippen LogP contribution in [-0.4, -0.2) is 30.1 Å². The van der Waals surface area contributed by atoms with Crippen LogP contribution in [0.15, 0.2) is 18.3 Å². The van der Waals surface area contributed by atoms with Crippen LogP contribution in [0.2, 0.25) is 0 Å². The number of nitrogens with two attached hydrogens (primary N) is 1. The Morgan fingerprint density at radius 3 is 2.83 bits per heavy atom. The zero-order valence-electron chi connectivity index (χ0n) is 11.0. The van der Waals surface area contributed by atoms with E-state index in [1.165, 1.54) is 0 Å². The molecule has 0 saturated carbocycles. The molecule has 100 valence electrons. The van der Waals surface area contributed by atoms with Gasteiger partial charge in [0.25, 0.3) is 0 Å². The second-order valence-electron chi connectivity index (χ2n) is 4.34. The number of nitrogens with one attached hydrogen (secondary N) is 1. The summed E-state index contributed by atoms with van der Waals surface area (Å²) in [4.78, 5) is 15.6. The van der Waals surface area contributed by atoms with Crippen LogP contribution < -0.4 is 15.8 Å². The van der Waals surface area contributed by atoms with E-state index in [0.717, 1.165) is 12.1 Å². The molecule has 1 aromatic rings. The Kier molecular flexibility index (Phi) is 6.14. The van der Waals surface area contributed by atoms with Crippen molar-refractivity contribution in [1.82, 2.24) is 10.3 Å². The van der Waals surface area contributed by atoms with Crippen molar-refractivity contribution < 1.29 is 9.53 Å². The molecule has 0 aliphatic heterocycles. The molecule has 18 heavy (non-hydrogen) atoms. The van der Waals surface area contributed by atoms with Gasteiger partial charge in [0.15, 0.2) is 0 Å². The lowest BCUT2D eigenvalue weighted by molar-refractivity contribution is -0.122. The van der Waals surface area contributed by atoms with E-state index in [-0.39, 0.29) is 11.9 Å². The second kappa shape index (κ2) is 7.66. The Labute approximate surface area is 108 Å². The van der Waals surface area contributed by atoms with Crippen LogP contribution in [0.5, 0.6) is 5.75 Å². The lowest BCUT2D eigenvalue weighted by Crippen LogP contribution is -2.31. The van der Waals surface area contributed by atoms with Gasteiger partial charge in [-0.15, -0.1) is 0 Å². The average molecular weight is 251 g/mol. The molecule has 5 heteroatoms. The maximum Gasteiger partial charge on any atom is 0.223 e. The highest BCUT2D eigenvalue weighted by Gasteiger charge is 2.03. The number of rotatable bonds is 7. The van der Waals surface area contributed by atoms with Crippen LogP contribution in [0.25, 0.3) is 0 Å². The van der Waals surface area contributed by atoms with E-state index in [4.69, 9.17) is 10.5 Å². The van der Waals surface area contributed by atoms with Gasteiger partial charge in [-0.3, -0.25) is 9.78 Å². The molecule has 0 radical (unpaired) electrons. The molecule has 0 atom stereocenters. The number of pyridine rings is 1. The Morgan fingerprint density at radius 1 is 1.50 bits per heavy atom. The molecule has 0 aliphatic carbocycles. The highest BCUT2D eigenvalue weighted by Crippen LogP contribution is 2.09. The SMILES string of the molecule is CC(C)NC(=O)CCOc1ccc(CCN)nc1. The minimum Gasteiger partial charge on any atom is -0.491 e. The van der Waals surface area contributed by atoms with E-state index in [1.54, 1.807) is 6.20 Å². The highest BCUT2D eigenvalue weighted by molar-refractivity contribution is 5.76. The maximum atomic E-state index is 11.4. The first-order valence-corrected chi connectivity index (χ1v) is 6.19. The van der Waals surface area contributed by atoms with Crippen molar-refractivity contribution in [3.8, 4) is 5.75 Å². The highest BCUT2D eigenvalue weighted by atomic mass is 16.5. The standard InChI is InChI=1S/C13H21N3O2/c1-10(2)16-13(17)6-8-18-12-4-3-11(5-7-14)15-9-12/h3-4,9-10H,5-8,14H2,1-2H3,(H,16,17). The molecule has 3 N–H and O–H groups in total. The lowest BCUT2D eigenvalue weighted by atomic mass is 10.3. The van der Waals surface area contributed by atoms with Gasteiger partial charge in [-0.05, 0) is 32.5 Å². The van der Waals surface area contributed by atoms with Gasteiger partial charge in [-0.25, -0.2) is 0 Å². The van der Waals surface area contributed by atoms with Gasteiger partial charge in [0.2, 0.25) is 5.91 Å². The van der Waals surface area contributed by atoms with Crippen LogP contribution in [0, 0.1) is 0 Å². The lowest BCUT2D eigenvalue weighted by Gasteiger charge is -2.09. The minimum absolute atomic E-state index is 0.00212. The summed E-state index contributed by atoms with van der Waals surface area (Å²) in [5.74, 6) is 0.672. The van der Waals surface area contributed by atoms with Crippen molar-refractivity contribution >= 4 is 5.91 Å². The van der Waals surface area contributed by atoms with Gasteiger partial charge in [-0.1, -0.05) is 0 Å². The fraction of sp³-hybridized carbons (Fsp3) is 0.538. The molecule has 0 aromatic carbocycles. The number of carbonyl (C=O) groups is 1. The predicted octanol–water partition coefficient (Wildman–Crippen LogP) is 0.876. The van der Waals surface area contributed by atoms with E-state index in [2.05, 4.69) is 10.3 Å². The van der Waals surface area contributed by atoms with Crippen molar-refractivity contribution in [2.24, 2.45) is 5.73 Å². The van der Waals surface area contributed by atoms with Crippen molar-refractivity contribution in [3.63, 3.8) is 0 Å². The first-order valence-electron chi connectivity index (χ1n) is 6.19. The van der Waals surface area contributed by atoms with E-state index >= 15 is 0 Å². The first kappa shape index (κ1) is 14.4. The molecule has 0 unspecified atom stereocenters. The summed E-state index contributed by atoms with van der Waals surface area (Å²) in [6, 6.07) is 3.89. The summed E-state index contributed by atoms with van der Waals surface area (Å²) in [7, 11) is 0. The molecule has 0 spiro atoms. The molecule has 1 amide bonds. The van der Waals surface area contributed by atoms with Gasteiger partial charge < -0.3 is 15.8 Å². The van der Waals surface area contributed by atoms with Gasteiger partial charge in [0.05, 0.1) is 19.2 Å². The molecule has 1 heterocycles. The summed E-state index contributed by atoms with van der Waals surface area (Å²) in [6.07, 6.45) is 2.77. The number of nitrogens with zero attached hydrogens (tertiary/aromatic N) is 1. The first-order chi connectivity index (χ1) is 8.61. The summed E-state index contributed by atoms with van der Waals surface area (Å²) in [5.41, 5.74) is 6.38. The summed E-state index contributed by atoms with van der Waals surface area (Å²) >= 11 is 0. The zero-order valence-corrected chi connectivity index (χ0v) is 11.0. The third-order valence-electron chi connectivity index (χ3n) is 2.25. The molecule has 0 fully saturated rings. The topological polar surface area (TPSA) is 77.2 Å². The van der Waals surface area contributed by atoms with Crippen LogP contribution in [0.3, 0.4) is 0 Å². The summed E-state index contributed by atoms with van der Waals surface area (Å²) < 4.78 is 5.44. The van der Waals surface area contributed by atoms with E-state index < -0.39 is 0 Å². The molecular weight excluding hydrogens is 230 g/mol. The number of carbonyl (C=O) groups excluding carboxylic acids is 1. The third-order valence-corrected chi connectivity index (χ3v) is 2.25. The molecule has 1 aromatic heterocycles. The van der Waals surface area contributed by atoms with Crippen molar-refractivity contribution in [1.29, 1.82) is 0 Å². The van der Waals surface area contributed by atoms with Crippen LogP contribution >= 0.6 is 0 Å². The molecule has 5 nitrogen and oxygen atoms in total. The van der Waals surface area contributed by atoms with E-state index in [1.807, 2.05) is 26.0 Å². The van der Waals surface area contributed by atoms with Crippen molar-refractivity contribution in [2.75, 3.05) is 13.2 Å². The Morgan fingerprint density at radius 2 is 2.28 bits per heavy atom. The summed E-state index contributed by atoms with van der Waals surface area (Å²) in [6.45, 7) is 4.80. The molecule has 0 saturated heterocycles. The predicted molar refractivity (Wildman–Crippen MR) is 70.4 cm³/mol. The maximum absolute atomic E-state index is 11.4. The number of amides is 1. The van der Waals surface area contributed by atoms with Crippen molar-refractivity contribution in [2.45, 2.75) is 32.7 Å². The van der Waals surface area contributed by atoms with E-state index in [0.29, 0.717) is 25.3 Å². The van der Waals surface area contributed by atoms with Crippen LogP contribution in [-0.2, 0) is 11.2 Å². The molecular formula is C13H21N3O2. The monoisotopic (exact) mass is 251 g/mol. The number of aromatic nitrogens is 1. The Hall–Kier alpha value is -1.62. The number of hydrogen-bond donors (Lipinski definition) is 2. The second-order valence-corrected chi connectivity index (χ2v) is 4.34. The Bertz CT molecular complexity index is 363. The minimum atomic E-state index is -0.00212. The Balaban J connectivity index is 2.28. The largest absolute Gasteiger partial charge is 0.491 e. The molecule has 0 aliphatic rings. The van der Waals surface area contributed by atoms with Gasteiger partial charge in [0, 0.05) is 18.2 Å². The third kappa shape index (κ3) is 5.63. The molecule has 1 rings (SSSR count). The smallest absolute Gasteiger partial charge is 0.223 e. The molecule has 0 bridgehead atoms. The normalized spacial score (nSPS) is 10.4. The number of hydrogen-bond acceptors (Lipinski definition) is 4.